The van der Waals surface area contributed by atoms with Crippen molar-refractivity contribution in [2.24, 2.45) is 0 Å². The van der Waals surface area contributed by atoms with E-state index in [2.05, 4.69) is 47.1 Å². The van der Waals surface area contributed by atoms with Gasteiger partial charge >= 0.3 is 0 Å². The number of fused-ring (bicyclic) bond motifs is 1. The molecule has 4 amide bonds. The number of rotatable bonds is 8. The van der Waals surface area contributed by atoms with Crippen molar-refractivity contribution in [3.63, 3.8) is 0 Å². The van der Waals surface area contributed by atoms with Gasteiger partial charge in [-0.2, -0.15) is 10.4 Å². The van der Waals surface area contributed by atoms with Crippen molar-refractivity contribution >= 4 is 51.3 Å². The maximum atomic E-state index is 13.3. The van der Waals surface area contributed by atoms with Gasteiger partial charge in [0.1, 0.15) is 12.1 Å². The lowest BCUT2D eigenvalue weighted by molar-refractivity contribution is -0.134. The minimum atomic E-state index is -0.758. The van der Waals surface area contributed by atoms with Crippen LogP contribution in [0.15, 0.2) is 60.9 Å². The predicted molar refractivity (Wildman–Crippen MR) is 204 cm³/mol. The SMILES string of the molecule is CNc1cc(-c2ccc3cc(C#N)cnn23)ncc1-c1nnc(N2CCN(C3CCN(C(=O)c4ccc(C(=O)NC5CCC(=O)NC5=O)cc4)CC3)CC2)s1. The number of hydrogen-bond acceptors (Lipinski definition) is 13. The smallest absolute Gasteiger partial charge is 0.253 e. The van der Waals surface area contributed by atoms with E-state index in [0.717, 1.165) is 77.3 Å². The Balaban J connectivity index is 0.827. The average Bonchev–Trinajstić information content (AvgIpc) is 3.89. The van der Waals surface area contributed by atoms with Gasteiger partial charge in [-0.05, 0) is 67.8 Å². The van der Waals surface area contributed by atoms with Crippen LogP contribution in [0.2, 0.25) is 0 Å². The van der Waals surface area contributed by atoms with Crippen LogP contribution in [0.1, 0.15) is 52.0 Å². The Hall–Kier alpha value is -6.25. The van der Waals surface area contributed by atoms with E-state index < -0.39 is 17.9 Å². The quantitative estimate of drug-likeness (QED) is 0.196. The van der Waals surface area contributed by atoms with Crippen LogP contribution in [-0.4, -0.2) is 117 Å². The van der Waals surface area contributed by atoms with Crippen molar-refractivity contribution in [2.75, 3.05) is 56.5 Å². The van der Waals surface area contributed by atoms with E-state index in [4.69, 9.17) is 4.98 Å². The van der Waals surface area contributed by atoms with E-state index in [1.165, 1.54) is 0 Å². The number of anilines is 2. The zero-order chi connectivity index (χ0) is 38.1. The minimum absolute atomic E-state index is 0.0655. The molecular weight excluding hydrogens is 721 g/mol. The van der Waals surface area contributed by atoms with E-state index in [1.807, 2.05) is 36.3 Å². The van der Waals surface area contributed by atoms with E-state index in [0.29, 0.717) is 35.8 Å². The Morgan fingerprint density at radius 2 is 1.69 bits per heavy atom. The fourth-order valence-electron chi connectivity index (χ4n) is 7.41. The van der Waals surface area contributed by atoms with Crippen LogP contribution in [0.5, 0.6) is 0 Å². The summed E-state index contributed by atoms with van der Waals surface area (Å²) in [6.07, 6.45) is 5.55. The van der Waals surface area contributed by atoms with Crippen molar-refractivity contribution in [2.45, 2.75) is 37.8 Å². The number of nitrogens with zero attached hydrogens (tertiary/aromatic N) is 9. The third-order valence-electron chi connectivity index (χ3n) is 10.5. The molecule has 55 heavy (non-hydrogen) atoms. The van der Waals surface area contributed by atoms with Gasteiger partial charge in [0.2, 0.25) is 16.9 Å². The number of pyridine rings is 1. The normalized spacial score (nSPS) is 18.2. The fraction of sp³-hybridized carbons (Fsp3) is 0.342. The summed E-state index contributed by atoms with van der Waals surface area (Å²) >= 11 is 1.54. The number of aromatic nitrogens is 5. The summed E-state index contributed by atoms with van der Waals surface area (Å²) in [4.78, 5) is 60.8. The summed E-state index contributed by atoms with van der Waals surface area (Å²) in [6, 6.07) is 15.9. The van der Waals surface area contributed by atoms with Crippen molar-refractivity contribution < 1.29 is 19.2 Å². The van der Waals surface area contributed by atoms with E-state index in [1.54, 1.807) is 52.4 Å². The van der Waals surface area contributed by atoms with Crippen LogP contribution in [0.4, 0.5) is 10.8 Å². The molecule has 7 heterocycles. The Labute approximate surface area is 320 Å². The zero-order valence-electron chi connectivity index (χ0n) is 30.1. The molecule has 1 atom stereocenters. The number of benzene rings is 1. The molecule has 17 heteroatoms. The molecule has 1 aromatic carbocycles. The molecule has 0 spiro atoms. The molecule has 280 valence electrons. The second kappa shape index (κ2) is 15.2. The molecule has 3 saturated heterocycles. The number of carbonyl (C=O) groups excluding carboxylic acids is 4. The van der Waals surface area contributed by atoms with Gasteiger partial charge in [0.05, 0.1) is 34.2 Å². The number of amides is 4. The maximum Gasteiger partial charge on any atom is 0.253 e. The van der Waals surface area contributed by atoms with E-state index in [9.17, 15) is 24.4 Å². The number of likely N-dealkylation sites (tertiary alicyclic amines) is 1. The lowest BCUT2D eigenvalue weighted by Gasteiger charge is -2.42. The number of nitrogens with one attached hydrogen (secondary N) is 3. The van der Waals surface area contributed by atoms with Gasteiger partial charge in [-0.3, -0.25) is 34.4 Å². The summed E-state index contributed by atoms with van der Waals surface area (Å²) in [5.74, 6) is -1.34. The third kappa shape index (κ3) is 7.33. The standard InChI is InChI=1S/C38H38N12O4S/c1-40-30-19-31(32-8-6-27-18-23(20-39)21-42-50(27)32)41-22-28(30)36-45-46-38(55-36)49-16-14-47(15-17-49)26-10-12-48(13-11-26)37(54)25-4-2-24(3-5-25)34(52)43-29-7-9-33(51)44-35(29)53/h2-6,8,18-19,21-22,26,29H,7,9-17H2,1H3,(H,40,41)(H,43,52)(H,44,51,53). The lowest BCUT2D eigenvalue weighted by Crippen LogP contribution is -2.53. The van der Waals surface area contributed by atoms with Gasteiger partial charge in [-0.1, -0.05) is 11.3 Å². The highest BCUT2D eigenvalue weighted by atomic mass is 32.1. The molecule has 0 bridgehead atoms. The highest BCUT2D eigenvalue weighted by Gasteiger charge is 2.31. The van der Waals surface area contributed by atoms with Crippen LogP contribution in [0.3, 0.4) is 0 Å². The van der Waals surface area contributed by atoms with Crippen LogP contribution >= 0.6 is 11.3 Å². The molecule has 5 aromatic rings. The molecule has 0 radical (unpaired) electrons. The minimum Gasteiger partial charge on any atom is -0.387 e. The summed E-state index contributed by atoms with van der Waals surface area (Å²) in [7, 11) is 1.87. The molecule has 0 aliphatic carbocycles. The van der Waals surface area contributed by atoms with E-state index in [-0.39, 0.29) is 24.7 Å². The lowest BCUT2D eigenvalue weighted by atomic mass is 10.0. The molecule has 1 unspecified atom stereocenters. The molecule has 8 rings (SSSR count). The Kier molecular flexibility index (Phi) is 9.91. The molecule has 0 saturated carbocycles. The van der Waals surface area contributed by atoms with E-state index >= 15 is 0 Å². The van der Waals surface area contributed by atoms with Gasteiger partial charge in [-0.15, -0.1) is 10.2 Å². The Morgan fingerprint density at radius 3 is 2.42 bits per heavy atom. The first kappa shape index (κ1) is 35.8. The average molecular weight is 759 g/mol. The molecule has 4 aromatic heterocycles. The fourth-order valence-corrected chi connectivity index (χ4v) is 8.33. The first-order valence-electron chi connectivity index (χ1n) is 18.2. The van der Waals surface area contributed by atoms with Crippen molar-refractivity contribution in [1.29, 1.82) is 5.26 Å². The first-order chi connectivity index (χ1) is 26.8. The Morgan fingerprint density at radius 1 is 0.927 bits per heavy atom. The van der Waals surface area contributed by atoms with Crippen molar-refractivity contribution in [1.82, 2.24) is 45.2 Å². The number of carbonyl (C=O) groups is 4. The summed E-state index contributed by atoms with van der Waals surface area (Å²) in [5, 5.41) is 32.6. The molecule has 3 aliphatic heterocycles. The van der Waals surface area contributed by atoms with Gasteiger partial charge in [-0.25, -0.2) is 4.52 Å². The largest absolute Gasteiger partial charge is 0.387 e. The third-order valence-corrected chi connectivity index (χ3v) is 11.5. The molecule has 16 nitrogen and oxygen atoms in total. The summed E-state index contributed by atoms with van der Waals surface area (Å²) < 4.78 is 1.77. The molecule has 3 fully saturated rings. The molecule has 3 N–H and O–H groups in total. The monoisotopic (exact) mass is 758 g/mol. The highest BCUT2D eigenvalue weighted by Crippen LogP contribution is 2.36. The number of nitriles is 1. The van der Waals surface area contributed by atoms with Crippen molar-refractivity contribution in [3.05, 3.63) is 77.6 Å². The van der Waals surface area contributed by atoms with Crippen LogP contribution in [-0.2, 0) is 9.59 Å². The highest BCUT2D eigenvalue weighted by molar-refractivity contribution is 7.18. The number of piperazine rings is 1. The zero-order valence-corrected chi connectivity index (χ0v) is 30.9. The van der Waals surface area contributed by atoms with Crippen LogP contribution < -0.4 is 20.9 Å². The van der Waals surface area contributed by atoms with Gasteiger partial charge in [0, 0.05) is 81.8 Å². The topological polar surface area (TPSA) is 194 Å². The second-order valence-corrected chi connectivity index (χ2v) is 14.7. The first-order valence-corrected chi connectivity index (χ1v) is 19.0. The van der Waals surface area contributed by atoms with Gasteiger partial charge < -0.3 is 20.4 Å². The molecular formula is C38H38N12O4S. The summed E-state index contributed by atoms with van der Waals surface area (Å²) in [6.45, 7) is 4.75. The molecule has 3 aliphatic rings. The maximum absolute atomic E-state index is 13.3. The van der Waals surface area contributed by atoms with Gasteiger partial charge in [0.25, 0.3) is 11.8 Å². The number of hydrogen-bond donors (Lipinski definition) is 3. The van der Waals surface area contributed by atoms with Crippen molar-refractivity contribution in [3.8, 4) is 28.0 Å². The van der Waals surface area contributed by atoms with Gasteiger partial charge in [0.15, 0.2) is 5.01 Å². The predicted octanol–water partition coefficient (Wildman–Crippen LogP) is 2.79. The number of piperidine rings is 2. The second-order valence-electron chi connectivity index (χ2n) is 13.8. The van der Waals surface area contributed by atoms with Crippen LogP contribution in [0, 0.1) is 11.3 Å². The Bertz CT molecular complexity index is 2320. The number of imide groups is 1. The summed E-state index contributed by atoms with van der Waals surface area (Å²) in [5.41, 5.74) is 5.47. The van der Waals surface area contributed by atoms with Crippen LogP contribution in [0.25, 0.3) is 27.5 Å².